The number of aromatic hydroxyl groups is 1. The number of anilines is 1. The van der Waals surface area contributed by atoms with Gasteiger partial charge in [0.15, 0.2) is 11.1 Å². The smallest absolute Gasteiger partial charge is 0.326 e. The highest BCUT2D eigenvalue weighted by Crippen LogP contribution is 2.18. The summed E-state index contributed by atoms with van der Waals surface area (Å²) in [5, 5.41) is 21.6. The summed E-state index contributed by atoms with van der Waals surface area (Å²) in [6.07, 6.45) is 4.55. The van der Waals surface area contributed by atoms with Crippen molar-refractivity contribution in [2.45, 2.75) is 12.8 Å². The number of aromatic nitrogens is 5. The van der Waals surface area contributed by atoms with Crippen molar-refractivity contribution in [3.05, 3.63) is 68.4 Å². The maximum atomic E-state index is 12.9. The number of carbonyl (C=O) groups is 1. The van der Waals surface area contributed by atoms with Crippen LogP contribution in [-0.4, -0.2) is 48.7 Å². The fourth-order valence-electron chi connectivity index (χ4n) is 3.85. The minimum Gasteiger partial charge on any atom is -0.493 e. The summed E-state index contributed by atoms with van der Waals surface area (Å²) in [6.45, 7) is 1.58. The highest BCUT2D eigenvalue weighted by Gasteiger charge is 2.22. The van der Waals surface area contributed by atoms with Crippen LogP contribution in [0.3, 0.4) is 0 Å². The largest absolute Gasteiger partial charge is 0.493 e. The Morgan fingerprint density at radius 1 is 1.26 bits per heavy atom. The summed E-state index contributed by atoms with van der Waals surface area (Å²) in [5.41, 5.74) is 0.944. The molecule has 4 aromatic rings. The summed E-state index contributed by atoms with van der Waals surface area (Å²) in [4.78, 5) is 38.4. The monoisotopic (exact) mass is 480 g/mol. The number of fused-ring (bicyclic) bond motifs is 1. The van der Waals surface area contributed by atoms with Gasteiger partial charge in [0.2, 0.25) is 11.8 Å². The molecule has 5 rings (SSSR count). The first-order valence-electron chi connectivity index (χ1n) is 10.7. The average molecular weight is 481 g/mol. The SMILES string of the molecule is O=C(Nc1cc(=Nc2cccc(Cl)c2)nc2/c(=C/c3[nH]c(=O)[nH]c3O)cnn12)C1CCNCC1. The number of halogens is 1. The number of nitrogens with one attached hydrogen (secondary N) is 4. The molecule has 0 aliphatic carbocycles. The zero-order valence-corrected chi connectivity index (χ0v) is 18.6. The number of amides is 1. The van der Waals surface area contributed by atoms with Crippen molar-refractivity contribution in [2.24, 2.45) is 10.9 Å². The maximum absolute atomic E-state index is 12.9. The van der Waals surface area contributed by atoms with Crippen molar-refractivity contribution in [3.63, 3.8) is 0 Å². The fraction of sp³-hybridized carbons (Fsp3) is 0.227. The number of piperidine rings is 1. The molecule has 12 heteroatoms. The van der Waals surface area contributed by atoms with E-state index in [0.29, 0.717) is 32.9 Å². The maximum Gasteiger partial charge on any atom is 0.326 e. The van der Waals surface area contributed by atoms with Gasteiger partial charge in [-0.3, -0.25) is 9.78 Å². The molecule has 5 N–H and O–H groups in total. The van der Waals surface area contributed by atoms with E-state index in [2.05, 4.69) is 35.7 Å². The van der Waals surface area contributed by atoms with Gasteiger partial charge in [0.1, 0.15) is 11.5 Å². The Morgan fingerprint density at radius 2 is 2.09 bits per heavy atom. The second kappa shape index (κ2) is 9.12. The number of rotatable bonds is 4. The van der Waals surface area contributed by atoms with E-state index in [1.807, 2.05) is 0 Å². The Balaban J connectivity index is 1.65. The number of hydrogen-bond acceptors (Lipinski definition) is 7. The highest BCUT2D eigenvalue weighted by atomic mass is 35.5. The van der Waals surface area contributed by atoms with Crippen LogP contribution in [0.1, 0.15) is 18.5 Å². The number of imidazole rings is 1. The zero-order valence-electron chi connectivity index (χ0n) is 17.9. The third kappa shape index (κ3) is 4.56. The van der Waals surface area contributed by atoms with Crippen molar-refractivity contribution in [3.8, 4) is 5.88 Å². The van der Waals surface area contributed by atoms with Gasteiger partial charge >= 0.3 is 5.69 Å². The van der Waals surface area contributed by atoms with Gasteiger partial charge in [0.25, 0.3) is 0 Å². The molecule has 174 valence electrons. The second-order valence-corrected chi connectivity index (χ2v) is 8.36. The van der Waals surface area contributed by atoms with Crippen LogP contribution in [0.4, 0.5) is 11.5 Å². The predicted molar refractivity (Wildman–Crippen MR) is 126 cm³/mol. The molecule has 1 fully saturated rings. The molecule has 0 bridgehead atoms. The van der Waals surface area contributed by atoms with Crippen molar-refractivity contribution in [1.82, 2.24) is 29.9 Å². The topological polar surface area (TPSA) is 153 Å². The number of hydrogen-bond donors (Lipinski definition) is 5. The third-order valence-corrected chi connectivity index (χ3v) is 5.77. The van der Waals surface area contributed by atoms with E-state index in [-0.39, 0.29) is 23.4 Å². The number of nitrogens with zero attached hydrogens (tertiary/aromatic N) is 4. The van der Waals surface area contributed by atoms with Gasteiger partial charge in [-0.2, -0.15) is 9.61 Å². The van der Waals surface area contributed by atoms with E-state index < -0.39 is 5.69 Å². The van der Waals surface area contributed by atoms with Gasteiger partial charge in [0, 0.05) is 22.2 Å². The molecule has 3 aromatic heterocycles. The molecule has 0 radical (unpaired) electrons. The molecule has 34 heavy (non-hydrogen) atoms. The Hall–Kier alpha value is -3.96. The van der Waals surface area contributed by atoms with Crippen LogP contribution in [0.25, 0.3) is 11.7 Å². The van der Waals surface area contributed by atoms with E-state index in [1.165, 1.54) is 16.8 Å². The lowest BCUT2D eigenvalue weighted by Crippen LogP contribution is -2.35. The van der Waals surface area contributed by atoms with Crippen molar-refractivity contribution in [1.29, 1.82) is 0 Å². The molecule has 0 saturated carbocycles. The molecular formula is C22H21ClN8O3. The van der Waals surface area contributed by atoms with Crippen LogP contribution >= 0.6 is 11.6 Å². The van der Waals surface area contributed by atoms with E-state index >= 15 is 0 Å². The van der Waals surface area contributed by atoms with Gasteiger partial charge in [-0.05, 0) is 50.2 Å². The number of H-pyrrole nitrogens is 2. The van der Waals surface area contributed by atoms with Crippen molar-refractivity contribution >= 4 is 40.7 Å². The lowest BCUT2D eigenvalue weighted by atomic mass is 9.97. The van der Waals surface area contributed by atoms with E-state index in [9.17, 15) is 14.7 Å². The predicted octanol–water partition coefficient (Wildman–Crippen LogP) is 0.823. The fourth-order valence-corrected chi connectivity index (χ4v) is 4.04. The molecule has 1 aliphatic heterocycles. The van der Waals surface area contributed by atoms with E-state index in [4.69, 9.17) is 11.6 Å². The molecule has 0 unspecified atom stereocenters. The lowest BCUT2D eigenvalue weighted by Gasteiger charge is -2.21. The summed E-state index contributed by atoms with van der Waals surface area (Å²) in [5.74, 6) is -0.109. The minimum absolute atomic E-state index is 0.101. The first-order valence-corrected chi connectivity index (χ1v) is 11.1. The zero-order chi connectivity index (χ0) is 23.7. The summed E-state index contributed by atoms with van der Waals surface area (Å²) in [6, 6.07) is 8.65. The van der Waals surface area contributed by atoms with Gasteiger partial charge in [0.05, 0.1) is 11.9 Å². The first-order chi connectivity index (χ1) is 16.5. The van der Waals surface area contributed by atoms with Crippen molar-refractivity contribution < 1.29 is 9.90 Å². The van der Waals surface area contributed by atoms with Crippen LogP contribution in [0.15, 0.2) is 46.3 Å². The Kier molecular flexibility index (Phi) is 5.86. The second-order valence-electron chi connectivity index (χ2n) is 7.93. The van der Waals surface area contributed by atoms with Gasteiger partial charge in [-0.15, -0.1) is 0 Å². The summed E-state index contributed by atoms with van der Waals surface area (Å²) in [7, 11) is 0. The van der Waals surface area contributed by atoms with Gasteiger partial charge in [-0.25, -0.2) is 14.8 Å². The van der Waals surface area contributed by atoms with Crippen LogP contribution in [-0.2, 0) is 4.79 Å². The molecular weight excluding hydrogens is 460 g/mol. The molecule has 4 heterocycles. The van der Waals surface area contributed by atoms with Gasteiger partial charge in [-0.1, -0.05) is 17.7 Å². The quantitative estimate of drug-likeness (QED) is 0.291. The van der Waals surface area contributed by atoms with Crippen molar-refractivity contribution in [2.75, 3.05) is 18.4 Å². The molecule has 1 aliphatic rings. The number of benzene rings is 1. The molecule has 1 saturated heterocycles. The van der Waals surface area contributed by atoms with E-state index in [0.717, 1.165) is 25.9 Å². The van der Waals surface area contributed by atoms with Crippen LogP contribution in [0, 0.1) is 5.92 Å². The standard InChI is InChI=1S/C22H21ClN8O3/c23-14-2-1-3-15(9-14)26-17-10-18(29-20(32)12-4-6-24-7-5-12)31-19(28-17)13(11-25-31)8-16-21(33)30-22(34)27-16/h1-3,8-12,24,33H,4-7H2,(H,29,32)(H2,27,30,34)/b13-8+,26-17?. The average Bonchev–Trinajstić information content (AvgIpc) is 3.36. The molecule has 0 spiro atoms. The Morgan fingerprint density at radius 3 is 2.82 bits per heavy atom. The highest BCUT2D eigenvalue weighted by molar-refractivity contribution is 6.30. The number of aromatic amines is 2. The third-order valence-electron chi connectivity index (χ3n) is 5.53. The first kappa shape index (κ1) is 21.9. The van der Waals surface area contributed by atoms with Crippen LogP contribution < -0.4 is 27.0 Å². The molecule has 1 amide bonds. The van der Waals surface area contributed by atoms with E-state index in [1.54, 1.807) is 30.3 Å². The molecule has 0 atom stereocenters. The number of carbonyl (C=O) groups excluding carboxylic acids is 1. The summed E-state index contributed by atoms with van der Waals surface area (Å²) >= 11 is 6.09. The minimum atomic E-state index is -0.542. The Labute approximate surface area is 197 Å². The molecule has 1 aromatic carbocycles. The van der Waals surface area contributed by atoms with Crippen LogP contribution in [0.5, 0.6) is 5.88 Å². The van der Waals surface area contributed by atoms with Crippen LogP contribution in [0.2, 0.25) is 5.02 Å². The summed E-state index contributed by atoms with van der Waals surface area (Å²) < 4.78 is 1.49. The normalized spacial score (nSPS) is 15.8. The Bertz CT molecular complexity index is 1550. The lowest BCUT2D eigenvalue weighted by molar-refractivity contribution is -0.120. The van der Waals surface area contributed by atoms with Gasteiger partial charge < -0.3 is 20.7 Å². The molecule has 11 nitrogen and oxygen atoms in total.